The Labute approximate surface area is 131 Å². The van der Waals surface area contributed by atoms with E-state index < -0.39 is 0 Å². The molecule has 112 valence electrons. The maximum atomic E-state index is 5.19. The number of nitrogens with zero attached hydrogens (tertiary/aromatic N) is 3. The summed E-state index contributed by atoms with van der Waals surface area (Å²) >= 11 is 5.19. The van der Waals surface area contributed by atoms with Gasteiger partial charge in [0, 0.05) is 6.54 Å². The second-order valence-electron chi connectivity index (χ2n) is 5.98. The van der Waals surface area contributed by atoms with Crippen LogP contribution < -0.4 is 5.32 Å². The van der Waals surface area contributed by atoms with Crippen molar-refractivity contribution >= 4 is 28.9 Å². The van der Waals surface area contributed by atoms with E-state index in [9.17, 15) is 0 Å². The molecule has 1 N–H and O–H groups in total. The summed E-state index contributed by atoms with van der Waals surface area (Å²) < 4.78 is 0. The molecular formula is C16H22N4S. The van der Waals surface area contributed by atoms with Crippen molar-refractivity contribution in [3.05, 3.63) is 24.3 Å². The molecule has 5 heteroatoms. The van der Waals surface area contributed by atoms with E-state index in [1.165, 1.54) is 25.9 Å². The molecule has 1 fully saturated rings. The molecule has 0 bridgehead atoms. The van der Waals surface area contributed by atoms with Crippen molar-refractivity contribution < 1.29 is 0 Å². The number of thiocarbonyl (C=S) groups is 1. The zero-order chi connectivity index (χ0) is 14.7. The van der Waals surface area contributed by atoms with Crippen LogP contribution in [0.3, 0.4) is 0 Å². The largest absolute Gasteiger partial charge is 0.319 e. The number of likely N-dealkylation sites (tertiary alicyclic amines) is 1. The lowest BCUT2D eigenvalue weighted by Gasteiger charge is -2.30. The van der Waals surface area contributed by atoms with Crippen molar-refractivity contribution in [3.63, 3.8) is 0 Å². The van der Waals surface area contributed by atoms with Gasteiger partial charge >= 0.3 is 0 Å². The molecule has 0 aromatic carbocycles. The summed E-state index contributed by atoms with van der Waals surface area (Å²) in [6.45, 7) is 6.60. The number of fused-ring (bicyclic) bond motifs is 1. The van der Waals surface area contributed by atoms with Crippen LogP contribution in [0.4, 0.5) is 0 Å². The summed E-state index contributed by atoms with van der Waals surface area (Å²) in [6.07, 6.45) is 10.8. The van der Waals surface area contributed by atoms with Gasteiger partial charge in [0.2, 0.25) is 0 Å². The number of hydrogen-bond donors (Lipinski definition) is 1. The van der Waals surface area contributed by atoms with E-state index in [1.807, 2.05) is 18.2 Å². The minimum Gasteiger partial charge on any atom is -0.319 e. The third kappa shape index (κ3) is 3.66. The molecule has 2 heterocycles. The van der Waals surface area contributed by atoms with Crippen molar-refractivity contribution in [1.82, 2.24) is 10.2 Å². The molecule has 1 aliphatic carbocycles. The van der Waals surface area contributed by atoms with Gasteiger partial charge in [0.1, 0.15) is 5.84 Å². The summed E-state index contributed by atoms with van der Waals surface area (Å²) in [6, 6.07) is 0. The topological polar surface area (TPSA) is 40.0 Å². The van der Waals surface area contributed by atoms with E-state index in [0.717, 1.165) is 30.6 Å². The quantitative estimate of drug-likeness (QED) is 0.812. The highest BCUT2D eigenvalue weighted by atomic mass is 32.1. The molecule has 1 saturated heterocycles. The van der Waals surface area contributed by atoms with Crippen LogP contribution in [0, 0.1) is 11.8 Å². The predicted molar refractivity (Wildman–Crippen MR) is 92.1 cm³/mol. The molecule has 0 saturated carbocycles. The number of hydrogen-bond acceptors (Lipinski definition) is 3. The molecule has 4 nitrogen and oxygen atoms in total. The fourth-order valence-electron chi connectivity index (χ4n) is 2.94. The molecule has 3 aliphatic rings. The average molecular weight is 302 g/mol. The van der Waals surface area contributed by atoms with E-state index >= 15 is 0 Å². The van der Waals surface area contributed by atoms with Crippen LogP contribution in [0.25, 0.3) is 0 Å². The van der Waals surface area contributed by atoms with Crippen LogP contribution >= 0.6 is 12.2 Å². The van der Waals surface area contributed by atoms with Crippen molar-refractivity contribution in [2.75, 3.05) is 26.2 Å². The monoisotopic (exact) mass is 302 g/mol. The zero-order valence-electron chi connectivity index (χ0n) is 12.5. The van der Waals surface area contributed by atoms with E-state index in [2.05, 4.69) is 28.2 Å². The van der Waals surface area contributed by atoms with Gasteiger partial charge in [0.05, 0.1) is 18.2 Å². The average Bonchev–Trinajstić information content (AvgIpc) is 2.49. The molecule has 1 unspecified atom stereocenters. The highest BCUT2D eigenvalue weighted by molar-refractivity contribution is 7.80. The Kier molecular flexibility index (Phi) is 4.60. The van der Waals surface area contributed by atoms with Crippen LogP contribution in [0.15, 0.2) is 34.3 Å². The summed E-state index contributed by atoms with van der Waals surface area (Å²) in [5, 5.41) is 3.67. The van der Waals surface area contributed by atoms with Crippen LogP contribution in [0.1, 0.15) is 19.8 Å². The van der Waals surface area contributed by atoms with E-state index in [1.54, 1.807) is 0 Å². The lowest BCUT2D eigenvalue weighted by molar-refractivity contribution is 0.197. The zero-order valence-corrected chi connectivity index (χ0v) is 13.3. The first-order valence-electron chi connectivity index (χ1n) is 7.73. The first-order valence-corrected chi connectivity index (χ1v) is 8.14. The van der Waals surface area contributed by atoms with Crippen molar-refractivity contribution in [3.8, 4) is 0 Å². The number of amidine groups is 1. The summed E-state index contributed by atoms with van der Waals surface area (Å²) in [5.41, 5.74) is 0.992. The fraction of sp³-hybridized carbons (Fsp3) is 0.562. The molecule has 1 atom stereocenters. The van der Waals surface area contributed by atoms with Gasteiger partial charge in [0.15, 0.2) is 5.11 Å². The van der Waals surface area contributed by atoms with Crippen LogP contribution in [0.2, 0.25) is 0 Å². The Hall–Kier alpha value is -1.33. The summed E-state index contributed by atoms with van der Waals surface area (Å²) in [5.74, 6) is 1.96. The molecule has 3 rings (SSSR count). The number of aliphatic imine (C=N–C) groups is 2. The lowest BCUT2D eigenvalue weighted by atomic mass is 9.96. The molecule has 0 amide bonds. The summed E-state index contributed by atoms with van der Waals surface area (Å²) in [4.78, 5) is 11.6. The van der Waals surface area contributed by atoms with Gasteiger partial charge in [-0.25, -0.2) is 4.99 Å². The number of rotatable bonds is 3. The minimum absolute atomic E-state index is 0.142. The van der Waals surface area contributed by atoms with E-state index in [0.29, 0.717) is 5.11 Å². The Balaban J connectivity index is 1.58. The van der Waals surface area contributed by atoms with Gasteiger partial charge < -0.3 is 10.2 Å². The van der Waals surface area contributed by atoms with E-state index in [4.69, 9.17) is 17.2 Å². The predicted octanol–water partition coefficient (Wildman–Crippen LogP) is 2.19. The van der Waals surface area contributed by atoms with Gasteiger partial charge in [-0.2, -0.15) is 0 Å². The van der Waals surface area contributed by atoms with Crippen molar-refractivity contribution in [2.45, 2.75) is 19.8 Å². The van der Waals surface area contributed by atoms with Gasteiger partial charge in [0.25, 0.3) is 0 Å². The maximum Gasteiger partial charge on any atom is 0.198 e. The molecule has 2 aliphatic heterocycles. The Morgan fingerprint density at radius 1 is 1.38 bits per heavy atom. The van der Waals surface area contributed by atoms with Gasteiger partial charge in [-0.3, -0.25) is 4.99 Å². The van der Waals surface area contributed by atoms with Crippen LogP contribution in [-0.4, -0.2) is 47.7 Å². The first-order chi connectivity index (χ1) is 10.2. The van der Waals surface area contributed by atoms with Crippen molar-refractivity contribution in [1.29, 1.82) is 0 Å². The lowest BCUT2D eigenvalue weighted by Crippen LogP contribution is -2.43. The normalized spacial score (nSPS) is 28.4. The molecule has 21 heavy (non-hydrogen) atoms. The van der Waals surface area contributed by atoms with Gasteiger partial charge in [-0.1, -0.05) is 25.2 Å². The third-order valence-corrected chi connectivity index (χ3v) is 4.53. The van der Waals surface area contributed by atoms with Crippen molar-refractivity contribution in [2.24, 2.45) is 21.8 Å². The highest BCUT2D eigenvalue weighted by Gasteiger charge is 2.25. The third-order valence-electron chi connectivity index (χ3n) is 4.34. The second kappa shape index (κ2) is 6.62. The smallest absolute Gasteiger partial charge is 0.198 e. The molecule has 0 spiro atoms. The fourth-order valence-corrected chi connectivity index (χ4v) is 3.15. The molecule has 0 aromatic heterocycles. The van der Waals surface area contributed by atoms with Crippen LogP contribution in [0.5, 0.6) is 0 Å². The standard InChI is InChI=1S/C16H22N4S/c1-12-6-9-20(10-7-12)11-8-17-15-13-4-2-3-5-14(13)18-16(21)19-15/h2-5,12-13H,6-11H2,1H3,(H,17,19,21). The van der Waals surface area contributed by atoms with Gasteiger partial charge in [-0.05, 0) is 50.1 Å². The van der Waals surface area contributed by atoms with E-state index in [-0.39, 0.29) is 5.92 Å². The SMILES string of the molecule is CC1CCN(CCN=C2NC(=S)N=C3C=CC=CC32)CC1. The molecule has 0 radical (unpaired) electrons. The second-order valence-corrected chi connectivity index (χ2v) is 6.37. The van der Waals surface area contributed by atoms with Crippen LogP contribution in [-0.2, 0) is 0 Å². The highest BCUT2D eigenvalue weighted by Crippen LogP contribution is 2.17. The minimum atomic E-state index is 0.142. The number of allylic oxidation sites excluding steroid dienone is 3. The van der Waals surface area contributed by atoms with Gasteiger partial charge in [-0.15, -0.1) is 0 Å². The molecule has 0 aromatic rings. The summed E-state index contributed by atoms with van der Waals surface area (Å²) in [7, 11) is 0. The Morgan fingerprint density at radius 3 is 3.00 bits per heavy atom. The first kappa shape index (κ1) is 14.6. The maximum absolute atomic E-state index is 5.19. The Bertz CT molecular complexity index is 524. The Morgan fingerprint density at radius 2 is 2.19 bits per heavy atom. The number of nitrogens with one attached hydrogen (secondary N) is 1. The number of piperidine rings is 1. The molecular weight excluding hydrogens is 280 g/mol.